The van der Waals surface area contributed by atoms with Crippen molar-refractivity contribution in [3.63, 3.8) is 0 Å². The highest BCUT2D eigenvalue weighted by Crippen LogP contribution is 2.55. The molecule has 0 radical (unpaired) electrons. The molecule has 2 aliphatic carbocycles. The number of hydrogen-bond donors (Lipinski definition) is 2. The van der Waals surface area contributed by atoms with Gasteiger partial charge in [-0.25, -0.2) is 0 Å². The summed E-state index contributed by atoms with van der Waals surface area (Å²) in [6, 6.07) is 0.0166. The van der Waals surface area contributed by atoms with Gasteiger partial charge in [-0.1, -0.05) is 0 Å². The summed E-state index contributed by atoms with van der Waals surface area (Å²) < 4.78 is 0. The second-order valence-corrected chi connectivity index (χ2v) is 5.45. The minimum Gasteiger partial charge on any atom is -0.391 e. The molecule has 1 aromatic heterocycles. The van der Waals surface area contributed by atoms with Gasteiger partial charge in [0.15, 0.2) is 5.69 Å². The highest BCUT2D eigenvalue weighted by atomic mass is 16.3. The third-order valence-corrected chi connectivity index (χ3v) is 4.74. The number of hydrogen-bond acceptors (Lipinski definition) is 4. The number of nitrogens with one attached hydrogen (secondary N) is 1. The summed E-state index contributed by atoms with van der Waals surface area (Å²) in [7, 11) is 0. The zero-order valence-electron chi connectivity index (χ0n) is 9.28. The molecule has 90 valence electrons. The largest absolute Gasteiger partial charge is 0.391 e. The van der Waals surface area contributed by atoms with Crippen LogP contribution in [0.5, 0.6) is 0 Å². The highest BCUT2D eigenvalue weighted by Gasteiger charge is 2.60. The smallest absolute Gasteiger partial charge is 0.276 e. The zero-order chi connectivity index (χ0) is 11.6. The van der Waals surface area contributed by atoms with E-state index in [9.17, 15) is 9.90 Å². The summed E-state index contributed by atoms with van der Waals surface area (Å²) in [5, 5.41) is 20.1. The molecule has 0 spiro atoms. The van der Waals surface area contributed by atoms with Crippen LogP contribution >= 0.6 is 0 Å². The monoisotopic (exact) mass is 234 g/mol. The number of likely N-dealkylation sites (tertiary alicyclic amines) is 1. The standard InChI is InChI=1S/C11H14N4O2/c16-10-5-1-6-4-15(9(10)7(6)2-5)11(17)8-3-12-14-13-8/h3,5-7,9-10,16H,1-2,4H2,(H,12,13,14). The first kappa shape index (κ1) is 9.58. The quantitative estimate of drug-likeness (QED) is 0.695. The van der Waals surface area contributed by atoms with Crippen LogP contribution in [0.25, 0.3) is 0 Å². The Bertz CT molecular complexity index is 458. The van der Waals surface area contributed by atoms with Gasteiger partial charge < -0.3 is 10.0 Å². The lowest BCUT2D eigenvalue weighted by Gasteiger charge is -2.28. The number of aliphatic hydroxyl groups is 1. The Kier molecular flexibility index (Phi) is 1.73. The van der Waals surface area contributed by atoms with E-state index in [2.05, 4.69) is 15.4 Å². The Hall–Kier alpha value is -1.43. The minimum atomic E-state index is -0.338. The van der Waals surface area contributed by atoms with Crippen molar-refractivity contribution in [2.24, 2.45) is 17.8 Å². The normalized spacial score (nSPS) is 42.4. The lowest BCUT2D eigenvalue weighted by molar-refractivity contribution is 0.0398. The zero-order valence-corrected chi connectivity index (χ0v) is 9.28. The van der Waals surface area contributed by atoms with E-state index in [0.29, 0.717) is 23.4 Å². The number of carbonyl (C=O) groups excluding carboxylic acids is 1. The maximum atomic E-state index is 12.3. The van der Waals surface area contributed by atoms with Crippen LogP contribution in [0.15, 0.2) is 6.20 Å². The van der Waals surface area contributed by atoms with Gasteiger partial charge in [-0.15, -0.1) is 0 Å². The molecule has 2 saturated carbocycles. The fourth-order valence-electron chi connectivity index (χ4n) is 4.10. The van der Waals surface area contributed by atoms with Crippen molar-refractivity contribution < 1.29 is 9.90 Å². The Morgan fingerprint density at radius 2 is 2.35 bits per heavy atom. The molecule has 1 aromatic rings. The first-order valence-corrected chi connectivity index (χ1v) is 6.10. The average molecular weight is 234 g/mol. The van der Waals surface area contributed by atoms with Gasteiger partial charge in [0.1, 0.15) is 0 Å². The van der Waals surface area contributed by atoms with Gasteiger partial charge in [-0.3, -0.25) is 4.79 Å². The number of carbonyl (C=O) groups is 1. The van der Waals surface area contributed by atoms with Gasteiger partial charge in [0.2, 0.25) is 0 Å². The fraction of sp³-hybridized carbons (Fsp3) is 0.727. The van der Waals surface area contributed by atoms with E-state index >= 15 is 0 Å². The third kappa shape index (κ3) is 1.11. The minimum absolute atomic E-state index is 0.0166. The van der Waals surface area contributed by atoms with E-state index < -0.39 is 0 Å². The maximum absolute atomic E-state index is 12.3. The van der Waals surface area contributed by atoms with Crippen LogP contribution in [-0.2, 0) is 0 Å². The lowest BCUT2D eigenvalue weighted by atomic mass is 9.88. The Morgan fingerprint density at radius 1 is 1.47 bits per heavy atom. The van der Waals surface area contributed by atoms with Crippen molar-refractivity contribution in [2.45, 2.75) is 25.0 Å². The van der Waals surface area contributed by atoms with Crippen molar-refractivity contribution in [2.75, 3.05) is 6.54 Å². The van der Waals surface area contributed by atoms with Crippen LogP contribution in [0.4, 0.5) is 0 Å². The summed E-state index contributed by atoms with van der Waals surface area (Å²) >= 11 is 0. The molecule has 6 nitrogen and oxygen atoms in total. The van der Waals surface area contributed by atoms with Crippen LogP contribution in [0.3, 0.4) is 0 Å². The van der Waals surface area contributed by atoms with Crippen molar-refractivity contribution >= 4 is 5.91 Å². The van der Waals surface area contributed by atoms with Crippen LogP contribution in [0.1, 0.15) is 23.3 Å². The predicted molar refractivity (Wildman–Crippen MR) is 56.9 cm³/mol. The van der Waals surface area contributed by atoms with E-state index in [1.807, 2.05) is 4.90 Å². The topological polar surface area (TPSA) is 82.1 Å². The summed E-state index contributed by atoms with van der Waals surface area (Å²) in [4.78, 5) is 14.1. The van der Waals surface area contributed by atoms with Crippen LogP contribution < -0.4 is 0 Å². The average Bonchev–Trinajstić information content (AvgIpc) is 3.02. The lowest BCUT2D eigenvalue weighted by Crippen LogP contribution is -2.43. The van der Waals surface area contributed by atoms with Gasteiger partial charge in [0.05, 0.1) is 18.3 Å². The van der Waals surface area contributed by atoms with E-state index in [1.165, 1.54) is 6.20 Å². The summed E-state index contributed by atoms with van der Waals surface area (Å²) in [6.07, 6.45) is 3.26. The molecule has 3 aliphatic rings. The highest BCUT2D eigenvalue weighted by molar-refractivity contribution is 5.92. The first-order valence-electron chi connectivity index (χ1n) is 6.10. The van der Waals surface area contributed by atoms with Gasteiger partial charge in [-0.2, -0.15) is 15.4 Å². The fourth-order valence-corrected chi connectivity index (χ4v) is 4.10. The van der Waals surface area contributed by atoms with E-state index in [1.54, 1.807) is 0 Å². The summed E-state index contributed by atoms with van der Waals surface area (Å²) in [6.45, 7) is 0.772. The van der Waals surface area contributed by atoms with Gasteiger partial charge in [0, 0.05) is 6.54 Å². The number of aromatic nitrogens is 3. The molecule has 1 amide bonds. The molecule has 1 aliphatic heterocycles. The molecule has 2 bridgehead atoms. The van der Waals surface area contributed by atoms with Crippen LogP contribution in [-0.4, -0.2) is 50.0 Å². The SMILES string of the molecule is O=C(c1cn[nH]n1)N1CC2CC3CC2C1C3O. The second-order valence-electron chi connectivity index (χ2n) is 5.45. The second kappa shape index (κ2) is 3.07. The van der Waals surface area contributed by atoms with E-state index in [-0.39, 0.29) is 18.1 Å². The van der Waals surface area contributed by atoms with Crippen LogP contribution in [0.2, 0.25) is 0 Å². The molecular formula is C11H14N4O2. The number of aliphatic hydroxyl groups excluding tert-OH is 1. The van der Waals surface area contributed by atoms with Gasteiger partial charge in [-0.05, 0) is 30.6 Å². The number of H-pyrrole nitrogens is 1. The molecule has 4 rings (SSSR count). The van der Waals surface area contributed by atoms with Gasteiger partial charge in [0.25, 0.3) is 5.91 Å². The Labute approximate surface area is 98.0 Å². The predicted octanol–water partition coefficient (Wildman–Crippen LogP) is -0.354. The number of rotatable bonds is 1. The van der Waals surface area contributed by atoms with Gasteiger partial charge >= 0.3 is 0 Å². The summed E-state index contributed by atoms with van der Waals surface area (Å²) in [5.41, 5.74) is 0.349. The Morgan fingerprint density at radius 3 is 3.06 bits per heavy atom. The molecular weight excluding hydrogens is 220 g/mol. The van der Waals surface area contributed by atoms with Crippen molar-refractivity contribution in [1.82, 2.24) is 20.3 Å². The third-order valence-electron chi connectivity index (χ3n) is 4.74. The molecule has 17 heavy (non-hydrogen) atoms. The van der Waals surface area contributed by atoms with Crippen molar-refractivity contribution in [1.29, 1.82) is 0 Å². The number of aromatic amines is 1. The molecule has 0 aromatic carbocycles. The molecule has 2 N–H and O–H groups in total. The van der Waals surface area contributed by atoms with E-state index in [4.69, 9.17) is 0 Å². The molecule has 6 heteroatoms. The number of amides is 1. The van der Waals surface area contributed by atoms with Crippen LogP contribution in [0, 0.1) is 17.8 Å². The molecule has 3 fully saturated rings. The van der Waals surface area contributed by atoms with E-state index in [0.717, 1.165) is 19.4 Å². The number of fused-ring (bicyclic) bond motifs is 1. The maximum Gasteiger partial charge on any atom is 0.276 e. The Balaban J connectivity index is 1.66. The molecule has 1 saturated heterocycles. The summed E-state index contributed by atoms with van der Waals surface area (Å²) in [5.74, 6) is 1.40. The molecule has 2 heterocycles. The number of nitrogens with zero attached hydrogens (tertiary/aromatic N) is 3. The molecule has 5 unspecified atom stereocenters. The first-order chi connectivity index (χ1) is 8.25. The van der Waals surface area contributed by atoms with Crippen molar-refractivity contribution in [3.8, 4) is 0 Å². The van der Waals surface area contributed by atoms with Crippen molar-refractivity contribution in [3.05, 3.63) is 11.9 Å². The molecule has 5 atom stereocenters.